The number of nitrogens with zero attached hydrogens (tertiary/aromatic N) is 1. The van der Waals surface area contributed by atoms with Crippen LogP contribution in [0.1, 0.15) is 93.9 Å². The minimum atomic E-state index is -0.682. The molecule has 23 heavy (non-hydrogen) atoms. The van der Waals surface area contributed by atoms with E-state index in [4.69, 9.17) is 5.11 Å². The first-order valence-electron chi connectivity index (χ1n) is 9.23. The van der Waals surface area contributed by atoms with Crippen LogP contribution >= 0.6 is 0 Å². The van der Waals surface area contributed by atoms with Crippen molar-refractivity contribution < 1.29 is 9.90 Å². The molecule has 0 bridgehead atoms. The van der Waals surface area contributed by atoms with Crippen LogP contribution in [0.25, 0.3) is 0 Å². The lowest BCUT2D eigenvalue weighted by atomic mass is 9.60. The predicted octanol–water partition coefficient (Wildman–Crippen LogP) is 5.34. The third-order valence-corrected chi connectivity index (χ3v) is 5.56. The van der Waals surface area contributed by atoms with Gasteiger partial charge in [0.2, 0.25) is 0 Å². The number of rotatable bonds is 8. The van der Waals surface area contributed by atoms with Crippen LogP contribution in [0.15, 0.2) is 0 Å². The molecule has 0 aliphatic carbocycles. The highest BCUT2D eigenvalue weighted by Gasteiger charge is 2.57. The molecule has 1 aliphatic rings. The highest BCUT2D eigenvalue weighted by atomic mass is 16.4. The van der Waals surface area contributed by atoms with E-state index < -0.39 is 5.97 Å². The molecule has 1 heterocycles. The van der Waals surface area contributed by atoms with Crippen molar-refractivity contribution in [2.24, 2.45) is 10.8 Å². The highest BCUT2D eigenvalue weighted by molar-refractivity contribution is 5.66. The highest BCUT2D eigenvalue weighted by Crippen LogP contribution is 2.54. The van der Waals surface area contributed by atoms with E-state index >= 15 is 0 Å². The number of carboxylic acids is 1. The lowest BCUT2D eigenvalue weighted by molar-refractivity contribution is -0.160. The molecule has 0 radical (unpaired) electrons. The zero-order chi connectivity index (χ0) is 18.1. The maximum absolute atomic E-state index is 10.9. The van der Waals surface area contributed by atoms with Crippen LogP contribution in [0.3, 0.4) is 0 Å². The van der Waals surface area contributed by atoms with Gasteiger partial charge in [-0.25, -0.2) is 0 Å². The second kappa shape index (κ2) is 6.74. The minimum absolute atomic E-state index is 0.204. The van der Waals surface area contributed by atoms with Gasteiger partial charge in [0.15, 0.2) is 0 Å². The molecule has 136 valence electrons. The monoisotopic (exact) mass is 325 g/mol. The summed E-state index contributed by atoms with van der Waals surface area (Å²) in [7, 11) is 0. The van der Waals surface area contributed by atoms with Crippen molar-refractivity contribution in [3.8, 4) is 0 Å². The molecule has 3 heteroatoms. The smallest absolute Gasteiger partial charge is 0.303 e. The standard InChI is InChI=1S/C20H39NO2/c1-9-18(5,6)14-20(8)15-19(7,13-17(2,3)4)21(20)12-10-11-16(22)23/h9-15H2,1-8H3,(H,22,23). The van der Waals surface area contributed by atoms with E-state index in [1.165, 1.54) is 19.3 Å². The van der Waals surface area contributed by atoms with Gasteiger partial charge in [0.25, 0.3) is 0 Å². The van der Waals surface area contributed by atoms with Gasteiger partial charge in [0, 0.05) is 17.5 Å². The molecule has 0 aromatic rings. The molecule has 2 unspecified atom stereocenters. The second-order valence-corrected chi connectivity index (χ2v) is 10.3. The fraction of sp³-hybridized carbons (Fsp3) is 0.950. The van der Waals surface area contributed by atoms with Crippen molar-refractivity contribution >= 4 is 5.97 Å². The molecule has 1 rings (SSSR count). The molecule has 3 nitrogen and oxygen atoms in total. The van der Waals surface area contributed by atoms with Gasteiger partial charge in [-0.3, -0.25) is 9.69 Å². The molecule has 1 aliphatic heterocycles. The third-order valence-electron chi connectivity index (χ3n) is 5.56. The second-order valence-electron chi connectivity index (χ2n) is 10.3. The van der Waals surface area contributed by atoms with Crippen molar-refractivity contribution in [1.29, 1.82) is 0 Å². The first-order valence-corrected chi connectivity index (χ1v) is 9.23. The van der Waals surface area contributed by atoms with Gasteiger partial charge < -0.3 is 5.11 Å². The Morgan fingerprint density at radius 3 is 2.04 bits per heavy atom. The van der Waals surface area contributed by atoms with E-state index in [1.807, 2.05) is 0 Å². The Hall–Kier alpha value is -0.570. The van der Waals surface area contributed by atoms with Crippen molar-refractivity contribution in [3.05, 3.63) is 0 Å². The lowest BCUT2D eigenvalue weighted by Gasteiger charge is -2.67. The fourth-order valence-electron chi connectivity index (χ4n) is 5.11. The summed E-state index contributed by atoms with van der Waals surface area (Å²) >= 11 is 0. The molecule has 1 fully saturated rings. The summed E-state index contributed by atoms with van der Waals surface area (Å²) in [5.74, 6) is -0.682. The van der Waals surface area contributed by atoms with Crippen LogP contribution < -0.4 is 0 Å². The minimum Gasteiger partial charge on any atom is -0.481 e. The van der Waals surface area contributed by atoms with Gasteiger partial charge in [-0.15, -0.1) is 0 Å². The fourth-order valence-corrected chi connectivity index (χ4v) is 5.11. The van der Waals surface area contributed by atoms with Crippen LogP contribution in [0.2, 0.25) is 0 Å². The van der Waals surface area contributed by atoms with Gasteiger partial charge in [0.05, 0.1) is 0 Å². The van der Waals surface area contributed by atoms with Gasteiger partial charge in [-0.05, 0) is 56.9 Å². The van der Waals surface area contributed by atoms with Crippen molar-refractivity contribution in [3.63, 3.8) is 0 Å². The molecule has 0 amide bonds. The topological polar surface area (TPSA) is 40.5 Å². The first kappa shape index (κ1) is 20.5. The molecule has 1 saturated heterocycles. The Balaban J connectivity index is 2.88. The summed E-state index contributed by atoms with van der Waals surface area (Å²) in [6.07, 6.45) is 5.76. The van der Waals surface area contributed by atoms with Crippen molar-refractivity contribution in [1.82, 2.24) is 4.90 Å². The van der Waals surface area contributed by atoms with E-state index in [-0.39, 0.29) is 17.5 Å². The average molecular weight is 326 g/mol. The summed E-state index contributed by atoms with van der Waals surface area (Å²) in [6, 6.07) is 0. The Kier molecular flexibility index (Phi) is 6.00. The predicted molar refractivity (Wildman–Crippen MR) is 97.8 cm³/mol. The largest absolute Gasteiger partial charge is 0.481 e. The molecule has 0 saturated carbocycles. The summed E-state index contributed by atoms with van der Waals surface area (Å²) in [6.45, 7) is 19.5. The summed E-state index contributed by atoms with van der Waals surface area (Å²) < 4.78 is 0. The lowest BCUT2D eigenvalue weighted by Crippen LogP contribution is -2.72. The Labute approximate surface area is 143 Å². The summed E-state index contributed by atoms with van der Waals surface area (Å²) in [4.78, 5) is 13.5. The van der Waals surface area contributed by atoms with E-state index in [0.717, 1.165) is 19.4 Å². The van der Waals surface area contributed by atoms with E-state index in [0.29, 0.717) is 10.8 Å². The van der Waals surface area contributed by atoms with Crippen LogP contribution in [-0.2, 0) is 4.79 Å². The number of carboxylic acid groups (broad SMARTS) is 1. The number of carbonyl (C=O) groups is 1. The summed E-state index contributed by atoms with van der Waals surface area (Å²) in [5.41, 5.74) is 1.04. The van der Waals surface area contributed by atoms with Gasteiger partial charge in [-0.2, -0.15) is 0 Å². The maximum Gasteiger partial charge on any atom is 0.303 e. The quantitative estimate of drug-likeness (QED) is 0.655. The van der Waals surface area contributed by atoms with E-state index in [2.05, 4.69) is 60.3 Å². The molecule has 0 aromatic carbocycles. The van der Waals surface area contributed by atoms with Gasteiger partial charge in [0.1, 0.15) is 0 Å². The van der Waals surface area contributed by atoms with E-state index in [1.54, 1.807) is 0 Å². The molecular weight excluding hydrogens is 286 g/mol. The van der Waals surface area contributed by atoms with Crippen LogP contribution in [-0.4, -0.2) is 33.6 Å². The zero-order valence-electron chi connectivity index (χ0n) is 16.8. The van der Waals surface area contributed by atoms with Crippen molar-refractivity contribution in [2.45, 2.75) is 105 Å². The normalized spacial score (nSPS) is 29.4. The molecule has 2 atom stereocenters. The Bertz CT molecular complexity index is 424. The average Bonchev–Trinajstić information content (AvgIpc) is 2.30. The number of aliphatic carboxylic acids is 1. The van der Waals surface area contributed by atoms with Gasteiger partial charge >= 0.3 is 5.97 Å². The first-order chi connectivity index (χ1) is 10.2. The van der Waals surface area contributed by atoms with Crippen LogP contribution in [0.4, 0.5) is 0 Å². The summed E-state index contributed by atoms with van der Waals surface area (Å²) in [5, 5.41) is 8.97. The van der Waals surface area contributed by atoms with E-state index in [9.17, 15) is 4.79 Å². The third kappa shape index (κ3) is 5.48. The number of hydrogen-bond acceptors (Lipinski definition) is 2. The molecule has 1 N–H and O–H groups in total. The Morgan fingerprint density at radius 1 is 1.09 bits per heavy atom. The molecular formula is C20H39NO2. The van der Waals surface area contributed by atoms with Crippen molar-refractivity contribution in [2.75, 3.05) is 6.54 Å². The van der Waals surface area contributed by atoms with Crippen LogP contribution in [0, 0.1) is 10.8 Å². The molecule has 0 spiro atoms. The molecule has 0 aromatic heterocycles. The number of hydrogen-bond donors (Lipinski definition) is 1. The maximum atomic E-state index is 10.9. The Morgan fingerprint density at radius 2 is 1.61 bits per heavy atom. The van der Waals surface area contributed by atoms with Crippen LogP contribution in [0.5, 0.6) is 0 Å². The zero-order valence-corrected chi connectivity index (χ0v) is 16.8. The SMILES string of the molecule is CCC(C)(C)CC1(C)CC(C)(CC(C)(C)C)N1CCCC(=O)O. The van der Waals surface area contributed by atoms with Gasteiger partial charge in [-0.1, -0.05) is 48.0 Å². The number of likely N-dealkylation sites (tertiary alicyclic amines) is 1.